The Morgan fingerprint density at radius 3 is 2.77 bits per heavy atom. The Bertz CT molecular complexity index is 569. The second kappa shape index (κ2) is 8.83. The summed E-state index contributed by atoms with van der Waals surface area (Å²) in [4.78, 5) is 34.8. The Balaban J connectivity index is 2.75. The van der Waals surface area contributed by atoms with Crippen LogP contribution in [-0.2, 0) is 14.3 Å². The van der Waals surface area contributed by atoms with Crippen molar-refractivity contribution >= 4 is 11.9 Å². The number of carbonyl (C=O) groups is 2. The van der Waals surface area contributed by atoms with Gasteiger partial charge >= 0.3 is 5.97 Å². The third-order valence-corrected chi connectivity index (χ3v) is 2.93. The highest BCUT2D eigenvalue weighted by atomic mass is 16.5. The first-order valence-corrected chi connectivity index (χ1v) is 6.83. The topological polar surface area (TPSA) is 107 Å². The van der Waals surface area contributed by atoms with E-state index >= 15 is 0 Å². The Morgan fingerprint density at radius 1 is 1.45 bits per heavy atom. The Kier molecular flexibility index (Phi) is 7.11. The molecule has 0 spiro atoms. The molecule has 2 N–H and O–H groups in total. The second-order valence-corrected chi connectivity index (χ2v) is 4.48. The molecule has 1 unspecified atom stereocenters. The summed E-state index contributed by atoms with van der Waals surface area (Å²) in [6, 6.07) is 1.94. The van der Waals surface area contributed by atoms with Gasteiger partial charge in [0.15, 0.2) is 12.4 Å². The molecule has 0 aromatic carbocycles. The molecule has 1 aromatic heterocycles. The van der Waals surface area contributed by atoms with E-state index in [0.29, 0.717) is 13.2 Å². The number of ether oxygens (including phenoxy) is 2. The van der Waals surface area contributed by atoms with Gasteiger partial charge in [-0.15, -0.1) is 0 Å². The molecule has 0 saturated heterocycles. The van der Waals surface area contributed by atoms with Crippen LogP contribution in [0.2, 0.25) is 0 Å². The first kappa shape index (κ1) is 17.7. The summed E-state index contributed by atoms with van der Waals surface area (Å²) >= 11 is 0. The van der Waals surface area contributed by atoms with Gasteiger partial charge in [-0.1, -0.05) is 6.92 Å². The largest absolute Gasteiger partial charge is 0.480 e. The number of carboxylic acids is 1. The van der Waals surface area contributed by atoms with Crippen molar-refractivity contribution in [2.45, 2.75) is 19.4 Å². The lowest BCUT2D eigenvalue weighted by molar-refractivity contribution is -0.141. The van der Waals surface area contributed by atoms with Crippen molar-refractivity contribution < 1.29 is 24.2 Å². The zero-order chi connectivity index (χ0) is 16.5. The summed E-state index contributed by atoms with van der Waals surface area (Å²) < 4.78 is 11.0. The van der Waals surface area contributed by atoms with Crippen molar-refractivity contribution in [3.8, 4) is 5.75 Å². The van der Waals surface area contributed by atoms with Crippen molar-refractivity contribution in [2.75, 3.05) is 26.9 Å². The number of hydrogen-bond donors (Lipinski definition) is 2. The predicted octanol–water partition coefficient (Wildman–Crippen LogP) is 0.0254. The van der Waals surface area contributed by atoms with Crippen LogP contribution < -0.4 is 15.6 Å². The highest BCUT2D eigenvalue weighted by Crippen LogP contribution is 2.11. The normalized spacial score (nSPS) is 11.7. The number of amides is 1. The van der Waals surface area contributed by atoms with Crippen LogP contribution in [-0.4, -0.2) is 48.4 Å². The van der Waals surface area contributed by atoms with Gasteiger partial charge in [-0.25, -0.2) is 4.79 Å². The number of methoxy groups -OCH3 is 1. The average Bonchev–Trinajstić information content (AvgIpc) is 2.48. The van der Waals surface area contributed by atoms with Crippen LogP contribution in [0.25, 0.3) is 0 Å². The average molecular weight is 312 g/mol. The van der Waals surface area contributed by atoms with E-state index in [0.717, 1.165) is 4.57 Å². The molecule has 8 nitrogen and oxygen atoms in total. The number of hydrogen-bond acceptors (Lipinski definition) is 5. The van der Waals surface area contributed by atoms with Crippen LogP contribution in [0.3, 0.4) is 0 Å². The molecule has 1 amide bonds. The van der Waals surface area contributed by atoms with Gasteiger partial charge in [0.25, 0.3) is 11.5 Å². The van der Waals surface area contributed by atoms with Crippen molar-refractivity contribution in [2.24, 2.45) is 0 Å². The fraction of sp³-hybridized carbons (Fsp3) is 0.500. The first-order valence-electron chi connectivity index (χ1n) is 6.83. The number of carbonyl (C=O) groups excluding carboxylic acids is 1. The van der Waals surface area contributed by atoms with Crippen LogP contribution in [0, 0.1) is 0 Å². The number of carboxylic acid groups (broad SMARTS) is 1. The number of nitrogens with zero attached hydrogens (tertiary/aromatic N) is 1. The number of aromatic nitrogens is 1. The zero-order valence-electron chi connectivity index (χ0n) is 12.6. The molecule has 0 saturated carbocycles. The Hall–Kier alpha value is -2.35. The highest BCUT2D eigenvalue weighted by molar-refractivity contribution is 5.77. The van der Waals surface area contributed by atoms with Gasteiger partial charge in [0.1, 0.15) is 6.04 Å². The molecule has 0 aliphatic rings. The molecule has 0 fully saturated rings. The van der Waals surface area contributed by atoms with E-state index < -0.39 is 23.5 Å². The van der Waals surface area contributed by atoms with E-state index in [-0.39, 0.29) is 18.8 Å². The van der Waals surface area contributed by atoms with Gasteiger partial charge in [-0.3, -0.25) is 14.2 Å². The smallest absolute Gasteiger partial charge is 0.326 e. The monoisotopic (exact) mass is 312 g/mol. The molecule has 0 bridgehead atoms. The van der Waals surface area contributed by atoms with Crippen LogP contribution in [0.15, 0.2) is 23.1 Å². The van der Waals surface area contributed by atoms with E-state index in [9.17, 15) is 14.4 Å². The molecule has 8 heteroatoms. The summed E-state index contributed by atoms with van der Waals surface area (Å²) in [5.74, 6) is -1.56. The molecule has 0 radical (unpaired) electrons. The molecule has 0 aliphatic carbocycles. The minimum absolute atomic E-state index is 0.0657. The molecule has 1 heterocycles. The Labute approximate surface area is 127 Å². The Morgan fingerprint density at radius 2 is 2.18 bits per heavy atom. The maximum Gasteiger partial charge on any atom is 0.326 e. The maximum absolute atomic E-state index is 12.2. The van der Waals surface area contributed by atoms with Gasteiger partial charge in [0.2, 0.25) is 0 Å². The van der Waals surface area contributed by atoms with Crippen molar-refractivity contribution in [3.05, 3.63) is 28.7 Å². The lowest BCUT2D eigenvalue weighted by Crippen LogP contribution is -2.34. The third-order valence-electron chi connectivity index (χ3n) is 2.93. The number of rotatable bonds is 9. The third kappa shape index (κ3) is 4.88. The predicted molar refractivity (Wildman–Crippen MR) is 78.0 cm³/mol. The highest BCUT2D eigenvalue weighted by Gasteiger charge is 2.19. The number of nitrogens with one attached hydrogen (secondary N) is 1. The molecule has 0 aliphatic heterocycles. The number of pyridine rings is 1. The van der Waals surface area contributed by atoms with Crippen molar-refractivity contribution in [1.29, 1.82) is 0 Å². The fourth-order valence-electron chi connectivity index (χ4n) is 1.82. The number of aliphatic carboxylic acids is 1. The minimum atomic E-state index is -1.10. The standard InChI is InChI=1S/C14H20N2O6/c1-3-10(14(19)20)16-7-4-5-11(13(16)18)22-9-12(17)15-6-8-21-2/h4-5,7,10H,3,6,8-9H2,1-2H3,(H,15,17)(H,19,20). The van der Waals surface area contributed by atoms with Gasteiger partial charge < -0.3 is 19.9 Å². The van der Waals surface area contributed by atoms with E-state index in [1.165, 1.54) is 25.4 Å². The lowest BCUT2D eigenvalue weighted by Gasteiger charge is -2.14. The quantitative estimate of drug-likeness (QED) is 0.623. The summed E-state index contributed by atoms with van der Waals surface area (Å²) in [6.07, 6.45) is 1.65. The maximum atomic E-state index is 12.2. The van der Waals surface area contributed by atoms with E-state index in [4.69, 9.17) is 14.6 Å². The summed E-state index contributed by atoms with van der Waals surface area (Å²) in [7, 11) is 1.52. The van der Waals surface area contributed by atoms with Crippen LogP contribution in [0.4, 0.5) is 0 Å². The van der Waals surface area contributed by atoms with E-state index in [2.05, 4.69) is 5.32 Å². The molecule has 1 atom stereocenters. The molecular formula is C14H20N2O6. The summed E-state index contributed by atoms with van der Waals surface area (Å²) in [5, 5.41) is 11.7. The minimum Gasteiger partial charge on any atom is -0.480 e. The summed E-state index contributed by atoms with van der Waals surface area (Å²) in [6.45, 7) is 2.06. The van der Waals surface area contributed by atoms with Crippen LogP contribution in [0.1, 0.15) is 19.4 Å². The first-order chi connectivity index (χ1) is 10.5. The van der Waals surface area contributed by atoms with Gasteiger partial charge in [0.05, 0.1) is 6.61 Å². The summed E-state index contributed by atoms with van der Waals surface area (Å²) in [5.41, 5.74) is -0.582. The van der Waals surface area contributed by atoms with E-state index in [1.54, 1.807) is 6.92 Å². The molecule has 22 heavy (non-hydrogen) atoms. The van der Waals surface area contributed by atoms with Crippen LogP contribution in [0.5, 0.6) is 5.75 Å². The SMILES string of the molecule is CCC(C(=O)O)n1cccc(OCC(=O)NCCOC)c1=O. The lowest BCUT2D eigenvalue weighted by atomic mass is 10.2. The molecule has 1 aromatic rings. The zero-order valence-corrected chi connectivity index (χ0v) is 12.6. The van der Waals surface area contributed by atoms with Gasteiger partial charge in [-0.05, 0) is 18.6 Å². The van der Waals surface area contributed by atoms with Crippen molar-refractivity contribution in [3.63, 3.8) is 0 Å². The van der Waals surface area contributed by atoms with Crippen LogP contribution >= 0.6 is 0 Å². The second-order valence-electron chi connectivity index (χ2n) is 4.48. The van der Waals surface area contributed by atoms with E-state index in [1.807, 2.05) is 0 Å². The molecule has 122 valence electrons. The molecule has 1 rings (SSSR count). The van der Waals surface area contributed by atoms with Gasteiger partial charge in [0, 0.05) is 19.9 Å². The molecular weight excluding hydrogens is 292 g/mol. The fourth-order valence-corrected chi connectivity index (χ4v) is 1.82. The van der Waals surface area contributed by atoms with Crippen molar-refractivity contribution in [1.82, 2.24) is 9.88 Å². The van der Waals surface area contributed by atoms with Gasteiger partial charge in [-0.2, -0.15) is 0 Å².